The highest BCUT2D eigenvalue weighted by Gasteiger charge is 2.25. The predicted molar refractivity (Wildman–Crippen MR) is 169 cm³/mol. The van der Waals surface area contributed by atoms with E-state index in [-0.39, 0.29) is 16.5 Å². The Labute approximate surface area is 246 Å². The molecule has 1 saturated carbocycles. The van der Waals surface area contributed by atoms with Crippen molar-refractivity contribution in [3.63, 3.8) is 0 Å². The van der Waals surface area contributed by atoms with Crippen LogP contribution in [0.25, 0.3) is 27.7 Å². The first-order valence-corrected chi connectivity index (χ1v) is 16.3. The standard InChI is InChI=1S/C33H37N5O3S/c1-21(2)42(40,41)28-12-13-29(22(3)18-28)30-19-25-20-35-33(37-31(25)38(32(30)39)27-6-4-5-7-27)36-26-10-8-23(9-11-26)24-14-16-34-17-15-24/h8-14,18-21,27,34H,4-7,15-17H2,1-3H3,(H,35,36,37). The van der Waals surface area contributed by atoms with E-state index in [0.717, 1.165) is 67.4 Å². The molecule has 0 saturated heterocycles. The molecule has 1 aliphatic carbocycles. The van der Waals surface area contributed by atoms with Crippen LogP contribution < -0.4 is 16.2 Å². The fourth-order valence-electron chi connectivity index (χ4n) is 6.04. The van der Waals surface area contributed by atoms with Crippen LogP contribution >= 0.6 is 0 Å². The van der Waals surface area contributed by atoms with Crippen LogP contribution in [-0.4, -0.2) is 41.3 Å². The Bertz CT molecular complexity index is 1840. The molecule has 0 spiro atoms. The highest BCUT2D eigenvalue weighted by molar-refractivity contribution is 7.92. The van der Waals surface area contributed by atoms with Gasteiger partial charge in [0.05, 0.1) is 10.1 Å². The largest absolute Gasteiger partial charge is 0.324 e. The maximum atomic E-state index is 14.1. The second-order valence-electron chi connectivity index (χ2n) is 11.6. The Morgan fingerprint density at radius 2 is 1.79 bits per heavy atom. The van der Waals surface area contributed by atoms with Crippen molar-refractivity contribution in [3.8, 4) is 11.1 Å². The lowest BCUT2D eigenvalue weighted by atomic mass is 10.0. The highest BCUT2D eigenvalue weighted by Crippen LogP contribution is 2.33. The zero-order chi connectivity index (χ0) is 29.4. The first-order chi connectivity index (χ1) is 20.2. The van der Waals surface area contributed by atoms with Gasteiger partial charge in [-0.25, -0.2) is 13.4 Å². The summed E-state index contributed by atoms with van der Waals surface area (Å²) in [6.07, 6.45) is 8.99. The minimum absolute atomic E-state index is 0.0566. The molecule has 2 N–H and O–H groups in total. The van der Waals surface area contributed by atoms with Crippen LogP contribution in [0, 0.1) is 6.92 Å². The summed E-state index contributed by atoms with van der Waals surface area (Å²) in [5.41, 5.74) is 5.96. The molecule has 4 aromatic rings. The molecule has 0 radical (unpaired) electrons. The number of sulfone groups is 1. The summed E-state index contributed by atoms with van der Waals surface area (Å²) in [7, 11) is -3.42. The van der Waals surface area contributed by atoms with Crippen molar-refractivity contribution in [1.29, 1.82) is 0 Å². The number of benzene rings is 2. The lowest BCUT2D eigenvalue weighted by molar-refractivity contribution is 0.516. The molecule has 6 rings (SSSR count). The zero-order valence-corrected chi connectivity index (χ0v) is 25.2. The number of rotatable bonds is 7. The van der Waals surface area contributed by atoms with Crippen molar-refractivity contribution >= 4 is 38.1 Å². The molecule has 2 aliphatic rings. The number of aromatic nitrogens is 3. The van der Waals surface area contributed by atoms with E-state index in [2.05, 4.69) is 33.8 Å². The number of anilines is 2. The molecule has 0 bridgehead atoms. The van der Waals surface area contributed by atoms with Crippen molar-refractivity contribution in [3.05, 3.63) is 82.3 Å². The summed E-state index contributed by atoms with van der Waals surface area (Å²) in [4.78, 5) is 23.8. The Balaban J connectivity index is 1.39. The zero-order valence-electron chi connectivity index (χ0n) is 24.4. The van der Waals surface area contributed by atoms with Crippen molar-refractivity contribution in [2.45, 2.75) is 69.1 Å². The van der Waals surface area contributed by atoms with Gasteiger partial charge >= 0.3 is 0 Å². The molecule has 218 valence electrons. The first-order valence-electron chi connectivity index (χ1n) is 14.8. The lowest BCUT2D eigenvalue weighted by Gasteiger charge is -2.19. The molecule has 2 aromatic heterocycles. The molecule has 0 amide bonds. The maximum absolute atomic E-state index is 14.1. The fraction of sp³-hybridized carbons (Fsp3) is 0.364. The van der Waals surface area contributed by atoms with E-state index in [4.69, 9.17) is 4.98 Å². The van der Waals surface area contributed by atoms with Crippen LogP contribution in [0.3, 0.4) is 0 Å². The molecule has 1 fully saturated rings. The van der Waals surface area contributed by atoms with Gasteiger partial charge in [-0.15, -0.1) is 0 Å². The summed E-state index contributed by atoms with van der Waals surface area (Å²) >= 11 is 0. The summed E-state index contributed by atoms with van der Waals surface area (Å²) in [5, 5.41) is 6.92. The fourth-order valence-corrected chi connectivity index (χ4v) is 7.19. The van der Waals surface area contributed by atoms with Gasteiger partial charge in [-0.1, -0.05) is 37.1 Å². The predicted octanol–water partition coefficient (Wildman–Crippen LogP) is 6.18. The van der Waals surface area contributed by atoms with Crippen LogP contribution in [0.4, 0.5) is 11.6 Å². The third kappa shape index (κ3) is 5.39. The maximum Gasteiger partial charge on any atom is 0.260 e. The molecule has 2 aromatic carbocycles. The Kier molecular flexibility index (Phi) is 7.72. The number of pyridine rings is 1. The highest BCUT2D eigenvalue weighted by atomic mass is 32.2. The van der Waals surface area contributed by atoms with Crippen molar-refractivity contribution in [1.82, 2.24) is 19.9 Å². The van der Waals surface area contributed by atoms with Crippen molar-refractivity contribution < 1.29 is 8.42 Å². The van der Waals surface area contributed by atoms with E-state index >= 15 is 0 Å². The monoisotopic (exact) mass is 583 g/mol. The molecule has 0 unspecified atom stereocenters. The van der Waals surface area contributed by atoms with Gasteiger partial charge in [0, 0.05) is 35.4 Å². The smallest absolute Gasteiger partial charge is 0.260 e. The number of hydrogen-bond acceptors (Lipinski definition) is 7. The molecular weight excluding hydrogens is 546 g/mol. The Morgan fingerprint density at radius 3 is 2.45 bits per heavy atom. The second-order valence-corrected chi connectivity index (χ2v) is 14.1. The quantitative estimate of drug-likeness (QED) is 0.267. The summed E-state index contributed by atoms with van der Waals surface area (Å²) in [6, 6.07) is 15.2. The van der Waals surface area contributed by atoms with Gasteiger partial charge in [-0.2, -0.15) is 4.98 Å². The summed E-state index contributed by atoms with van der Waals surface area (Å²) in [6.45, 7) is 7.09. The normalized spacial score (nSPS) is 16.2. The van der Waals surface area contributed by atoms with Crippen molar-refractivity contribution in [2.24, 2.45) is 0 Å². The van der Waals surface area contributed by atoms with Gasteiger partial charge in [0.15, 0.2) is 9.84 Å². The van der Waals surface area contributed by atoms with E-state index in [1.807, 2.05) is 29.7 Å². The Hall–Kier alpha value is -3.82. The molecule has 42 heavy (non-hydrogen) atoms. The van der Waals surface area contributed by atoms with Gasteiger partial charge in [-0.3, -0.25) is 9.36 Å². The summed E-state index contributed by atoms with van der Waals surface area (Å²) in [5.74, 6) is 0.439. The minimum atomic E-state index is -3.42. The van der Waals surface area contributed by atoms with E-state index in [1.165, 1.54) is 11.1 Å². The van der Waals surface area contributed by atoms with E-state index in [1.54, 1.807) is 38.2 Å². The van der Waals surface area contributed by atoms with Crippen LogP contribution in [-0.2, 0) is 9.84 Å². The van der Waals surface area contributed by atoms with E-state index < -0.39 is 15.1 Å². The summed E-state index contributed by atoms with van der Waals surface area (Å²) < 4.78 is 27.4. The number of aryl methyl sites for hydroxylation is 1. The van der Waals surface area contributed by atoms with Gasteiger partial charge in [0.25, 0.3) is 5.56 Å². The average molecular weight is 584 g/mol. The lowest BCUT2D eigenvalue weighted by Crippen LogP contribution is -2.26. The SMILES string of the molecule is Cc1cc(S(=O)(=O)C(C)C)ccc1-c1cc2cnc(Nc3ccc(C4=CCNCC4)cc3)nc2n(C2CCCC2)c1=O. The van der Waals surface area contributed by atoms with Gasteiger partial charge in [-0.05, 0) is 99.2 Å². The number of fused-ring (bicyclic) bond motifs is 1. The third-order valence-corrected chi connectivity index (χ3v) is 10.6. The third-order valence-electron chi connectivity index (χ3n) is 8.48. The van der Waals surface area contributed by atoms with E-state index in [9.17, 15) is 13.2 Å². The minimum Gasteiger partial charge on any atom is -0.324 e. The molecule has 8 nitrogen and oxygen atoms in total. The molecule has 9 heteroatoms. The first kappa shape index (κ1) is 28.3. The number of nitrogens with zero attached hydrogens (tertiary/aromatic N) is 3. The number of hydrogen-bond donors (Lipinski definition) is 2. The molecular formula is C33H37N5O3S. The average Bonchev–Trinajstić information content (AvgIpc) is 3.52. The molecule has 0 atom stereocenters. The van der Waals surface area contributed by atoms with Crippen molar-refractivity contribution in [2.75, 3.05) is 18.4 Å². The van der Waals surface area contributed by atoms with E-state index in [0.29, 0.717) is 17.2 Å². The van der Waals surface area contributed by atoms with Crippen LogP contribution in [0.5, 0.6) is 0 Å². The van der Waals surface area contributed by atoms with Gasteiger partial charge < -0.3 is 10.6 Å². The molecule has 3 heterocycles. The second kappa shape index (κ2) is 11.5. The van der Waals surface area contributed by atoms with Crippen LogP contribution in [0.1, 0.15) is 63.1 Å². The Morgan fingerprint density at radius 1 is 1.02 bits per heavy atom. The molecule has 1 aliphatic heterocycles. The van der Waals surface area contributed by atoms with Crippen LogP contribution in [0.2, 0.25) is 0 Å². The van der Waals surface area contributed by atoms with Gasteiger partial charge in [0.2, 0.25) is 5.95 Å². The van der Waals surface area contributed by atoms with Crippen LogP contribution in [0.15, 0.2) is 70.5 Å². The number of nitrogens with one attached hydrogen (secondary N) is 2. The topological polar surface area (TPSA) is 106 Å². The van der Waals surface area contributed by atoms with Gasteiger partial charge in [0.1, 0.15) is 5.65 Å².